The van der Waals surface area contributed by atoms with Crippen LogP contribution in [0.5, 0.6) is 0 Å². The van der Waals surface area contributed by atoms with E-state index in [0.29, 0.717) is 15.6 Å². The maximum absolute atomic E-state index is 12.9. The van der Waals surface area contributed by atoms with Gasteiger partial charge >= 0.3 is 5.69 Å². The average Bonchev–Trinajstić information content (AvgIpc) is 2.99. The van der Waals surface area contributed by atoms with Crippen molar-refractivity contribution in [3.8, 4) is 11.3 Å². The topological polar surface area (TPSA) is 112 Å². The van der Waals surface area contributed by atoms with E-state index >= 15 is 0 Å². The van der Waals surface area contributed by atoms with Gasteiger partial charge in [-0.15, -0.1) is 0 Å². The number of halogens is 1. The van der Waals surface area contributed by atoms with Crippen LogP contribution in [0.2, 0.25) is 0 Å². The van der Waals surface area contributed by atoms with Gasteiger partial charge in [0.1, 0.15) is 5.72 Å². The molecule has 142 valence electrons. The van der Waals surface area contributed by atoms with Crippen molar-refractivity contribution in [1.29, 1.82) is 0 Å². The SMILES string of the molecule is Cn1c(=O)c2c(-c3cc([N+](=O)[O-])ccc3Br)n(C(C)(C)O)cc2n(C)c1=O. The smallest absolute Gasteiger partial charge is 0.330 e. The third-order valence-corrected chi connectivity index (χ3v) is 5.14. The van der Waals surface area contributed by atoms with E-state index in [1.165, 1.54) is 61.5 Å². The summed E-state index contributed by atoms with van der Waals surface area (Å²) in [4.78, 5) is 35.8. The molecule has 0 fully saturated rings. The molecule has 0 amide bonds. The van der Waals surface area contributed by atoms with Crippen LogP contribution in [0.25, 0.3) is 22.2 Å². The molecular formula is C17H17BrN4O5. The normalized spacial score (nSPS) is 11.9. The van der Waals surface area contributed by atoms with Crippen LogP contribution in [0.15, 0.2) is 38.5 Å². The number of rotatable bonds is 3. The van der Waals surface area contributed by atoms with E-state index in [1.807, 2.05) is 0 Å². The van der Waals surface area contributed by atoms with E-state index in [-0.39, 0.29) is 16.8 Å². The Hall–Kier alpha value is -2.72. The Kier molecular flexibility index (Phi) is 4.35. The molecule has 1 aromatic carbocycles. The second kappa shape index (κ2) is 6.17. The van der Waals surface area contributed by atoms with Gasteiger partial charge in [0.05, 0.1) is 21.5 Å². The minimum Gasteiger partial charge on any atom is -0.371 e. The van der Waals surface area contributed by atoms with Crippen LogP contribution in [0, 0.1) is 10.1 Å². The van der Waals surface area contributed by atoms with Crippen LogP contribution in [-0.2, 0) is 19.8 Å². The molecule has 2 aromatic heterocycles. The molecule has 0 atom stereocenters. The second-order valence-electron chi connectivity index (χ2n) is 6.73. The fraction of sp³-hybridized carbons (Fsp3) is 0.294. The Morgan fingerprint density at radius 3 is 2.37 bits per heavy atom. The Bertz CT molecular complexity index is 1210. The van der Waals surface area contributed by atoms with Crippen LogP contribution in [0.4, 0.5) is 5.69 Å². The van der Waals surface area contributed by atoms with Crippen molar-refractivity contribution in [1.82, 2.24) is 13.7 Å². The fourth-order valence-corrected chi connectivity index (χ4v) is 3.48. The van der Waals surface area contributed by atoms with Gasteiger partial charge in [-0.25, -0.2) is 4.79 Å². The first-order chi connectivity index (χ1) is 12.4. The van der Waals surface area contributed by atoms with Crippen molar-refractivity contribution in [2.24, 2.45) is 14.1 Å². The Labute approximate surface area is 161 Å². The molecule has 1 N–H and O–H groups in total. The van der Waals surface area contributed by atoms with Crippen LogP contribution in [0.1, 0.15) is 13.8 Å². The highest BCUT2D eigenvalue weighted by Crippen LogP contribution is 2.38. The number of nitro groups is 1. The van der Waals surface area contributed by atoms with Gasteiger partial charge in [0.25, 0.3) is 11.2 Å². The molecule has 2 heterocycles. The Morgan fingerprint density at radius 1 is 1.19 bits per heavy atom. The summed E-state index contributed by atoms with van der Waals surface area (Å²) in [6.07, 6.45) is 1.50. The van der Waals surface area contributed by atoms with E-state index in [1.54, 1.807) is 0 Å². The quantitative estimate of drug-likeness (QED) is 0.498. The molecule has 3 aromatic rings. The molecule has 0 saturated carbocycles. The maximum atomic E-state index is 12.9. The van der Waals surface area contributed by atoms with Crippen LogP contribution in [0.3, 0.4) is 0 Å². The summed E-state index contributed by atoms with van der Waals surface area (Å²) in [7, 11) is 2.88. The van der Waals surface area contributed by atoms with Gasteiger partial charge < -0.3 is 9.67 Å². The number of nitrogens with zero attached hydrogens (tertiary/aromatic N) is 4. The molecular weight excluding hydrogens is 420 g/mol. The van der Waals surface area contributed by atoms with Crippen molar-refractivity contribution < 1.29 is 10.0 Å². The number of aryl methyl sites for hydroxylation is 1. The van der Waals surface area contributed by atoms with Gasteiger partial charge in [-0.05, 0) is 19.9 Å². The zero-order chi connectivity index (χ0) is 20.3. The van der Waals surface area contributed by atoms with E-state index < -0.39 is 21.9 Å². The molecule has 3 rings (SSSR count). The number of nitro benzene ring substituents is 1. The lowest BCUT2D eigenvalue weighted by Crippen LogP contribution is -2.36. The number of non-ortho nitro benzene ring substituents is 1. The molecule has 10 heteroatoms. The lowest BCUT2D eigenvalue weighted by Gasteiger charge is -2.23. The molecule has 0 unspecified atom stereocenters. The summed E-state index contributed by atoms with van der Waals surface area (Å²) in [6.45, 7) is 3.03. The van der Waals surface area contributed by atoms with Crippen molar-refractivity contribution in [3.63, 3.8) is 0 Å². The van der Waals surface area contributed by atoms with Crippen molar-refractivity contribution >= 4 is 32.5 Å². The summed E-state index contributed by atoms with van der Waals surface area (Å²) < 4.78 is 4.21. The predicted octanol–water partition coefficient (Wildman–Crippen LogP) is 2.06. The predicted molar refractivity (Wildman–Crippen MR) is 104 cm³/mol. The molecule has 0 radical (unpaired) electrons. The molecule has 0 saturated heterocycles. The van der Waals surface area contributed by atoms with E-state index in [9.17, 15) is 24.8 Å². The zero-order valence-corrected chi connectivity index (χ0v) is 16.6. The fourth-order valence-electron chi connectivity index (χ4n) is 3.05. The third kappa shape index (κ3) is 2.90. The van der Waals surface area contributed by atoms with Gasteiger partial charge in [0, 0.05) is 42.5 Å². The number of benzene rings is 1. The van der Waals surface area contributed by atoms with Crippen molar-refractivity contribution in [2.75, 3.05) is 0 Å². The van der Waals surface area contributed by atoms with Crippen molar-refractivity contribution in [2.45, 2.75) is 19.6 Å². The number of hydrogen-bond donors (Lipinski definition) is 1. The summed E-state index contributed by atoms with van der Waals surface area (Å²) in [5.41, 5.74) is -1.69. The molecule has 0 aliphatic heterocycles. The molecule has 0 aliphatic rings. The highest BCUT2D eigenvalue weighted by molar-refractivity contribution is 9.10. The number of hydrogen-bond acceptors (Lipinski definition) is 5. The first-order valence-corrected chi connectivity index (χ1v) is 8.72. The van der Waals surface area contributed by atoms with Gasteiger partial charge in [-0.2, -0.15) is 0 Å². The molecule has 0 spiro atoms. The van der Waals surface area contributed by atoms with Gasteiger partial charge in [-0.1, -0.05) is 15.9 Å². The summed E-state index contributed by atoms with van der Waals surface area (Å²) in [5, 5.41) is 22.0. The van der Waals surface area contributed by atoms with E-state index in [2.05, 4.69) is 15.9 Å². The maximum Gasteiger partial charge on any atom is 0.330 e. The summed E-state index contributed by atoms with van der Waals surface area (Å²) in [6, 6.07) is 4.17. The lowest BCUT2D eigenvalue weighted by atomic mass is 10.1. The molecule has 0 aliphatic carbocycles. The Morgan fingerprint density at radius 2 is 1.81 bits per heavy atom. The first-order valence-electron chi connectivity index (χ1n) is 7.93. The number of fused-ring (bicyclic) bond motifs is 1. The Balaban J connectivity index is 2.60. The first kappa shape index (κ1) is 19.1. The standard InChI is InChI=1S/C17H17BrN4O5/c1-17(2,25)21-8-12-13(15(23)20(4)16(24)19(12)3)14(21)10-7-9(22(26)27)5-6-11(10)18/h5-8,25H,1-4H3. The molecule has 0 bridgehead atoms. The third-order valence-electron chi connectivity index (χ3n) is 4.44. The zero-order valence-electron chi connectivity index (χ0n) is 15.1. The lowest BCUT2D eigenvalue weighted by molar-refractivity contribution is -0.384. The largest absolute Gasteiger partial charge is 0.371 e. The van der Waals surface area contributed by atoms with Gasteiger partial charge in [-0.3, -0.25) is 24.0 Å². The summed E-state index contributed by atoms with van der Waals surface area (Å²) >= 11 is 3.37. The minimum atomic E-state index is -1.43. The number of aromatic nitrogens is 3. The van der Waals surface area contributed by atoms with Crippen LogP contribution < -0.4 is 11.2 Å². The summed E-state index contributed by atoms with van der Waals surface area (Å²) in [5.74, 6) is 0. The monoisotopic (exact) mass is 436 g/mol. The van der Waals surface area contributed by atoms with E-state index in [4.69, 9.17) is 0 Å². The van der Waals surface area contributed by atoms with Gasteiger partial charge in [0.15, 0.2) is 0 Å². The van der Waals surface area contributed by atoms with E-state index in [0.717, 1.165) is 4.57 Å². The number of aliphatic hydroxyl groups is 1. The van der Waals surface area contributed by atoms with Crippen LogP contribution in [-0.4, -0.2) is 23.7 Å². The highest BCUT2D eigenvalue weighted by atomic mass is 79.9. The van der Waals surface area contributed by atoms with Crippen molar-refractivity contribution in [3.05, 3.63) is 59.8 Å². The van der Waals surface area contributed by atoms with Gasteiger partial charge in [0.2, 0.25) is 0 Å². The second-order valence-corrected chi connectivity index (χ2v) is 7.58. The average molecular weight is 437 g/mol. The molecule has 27 heavy (non-hydrogen) atoms. The molecule has 9 nitrogen and oxygen atoms in total. The highest BCUT2D eigenvalue weighted by Gasteiger charge is 2.28. The minimum absolute atomic E-state index is 0.161. The van der Waals surface area contributed by atoms with Crippen LogP contribution >= 0.6 is 15.9 Å².